The van der Waals surface area contributed by atoms with Gasteiger partial charge in [0.15, 0.2) is 0 Å². The summed E-state index contributed by atoms with van der Waals surface area (Å²) >= 11 is 0. The fourth-order valence-electron chi connectivity index (χ4n) is 3.17. The average Bonchev–Trinajstić information content (AvgIpc) is 3.07. The normalized spacial score (nSPS) is 20.4. The molecule has 1 amide bonds. The van der Waals surface area contributed by atoms with E-state index in [2.05, 4.69) is 11.4 Å². The molecule has 2 aromatic rings. The van der Waals surface area contributed by atoms with Crippen LogP contribution < -0.4 is 15.8 Å². The lowest BCUT2D eigenvalue weighted by molar-refractivity contribution is -0.115. The van der Waals surface area contributed by atoms with Crippen molar-refractivity contribution < 1.29 is 9.53 Å². The molecular weight excluding hydrogens is 264 g/mol. The first-order valence-electron chi connectivity index (χ1n) is 7.12. The monoisotopic (exact) mass is 280 g/mol. The lowest BCUT2D eigenvalue weighted by Gasteiger charge is -2.19. The van der Waals surface area contributed by atoms with E-state index in [1.807, 2.05) is 36.4 Å². The van der Waals surface area contributed by atoms with Crippen LogP contribution in [0.25, 0.3) is 0 Å². The molecular formula is C17H16N2O2. The van der Waals surface area contributed by atoms with E-state index in [0.717, 1.165) is 22.6 Å². The van der Waals surface area contributed by atoms with Crippen molar-refractivity contribution in [2.75, 3.05) is 11.9 Å². The summed E-state index contributed by atoms with van der Waals surface area (Å²) in [6, 6.07) is 13.9. The Bertz CT molecular complexity index is 726. The van der Waals surface area contributed by atoms with Crippen LogP contribution in [0.4, 0.5) is 5.69 Å². The number of fused-ring (bicyclic) bond motifs is 2. The van der Waals surface area contributed by atoms with Gasteiger partial charge in [-0.05, 0) is 23.3 Å². The van der Waals surface area contributed by atoms with Gasteiger partial charge in [-0.3, -0.25) is 4.79 Å². The minimum absolute atomic E-state index is 0.0465. The minimum atomic E-state index is -0.130. The lowest BCUT2D eigenvalue weighted by atomic mass is 9.88. The van der Waals surface area contributed by atoms with Crippen molar-refractivity contribution in [2.45, 2.75) is 18.4 Å². The Morgan fingerprint density at radius 1 is 1.24 bits per heavy atom. The molecule has 106 valence electrons. The fourth-order valence-corrected chi connectivity index (χ4v) is 3.17. The van der Waals surface area contributed by atoms with Crippen LogP contribution in [0, 0.1) is 0 Å². The number of carbonyl (C=O) groups excluding carboxylic acids is 1. The smallest absolute Gasteiger partial charge is 0.228 e. The number of hydrogen-bond donors (Lipinski definition) is 2. The Morgan fingerprint density at radius 3 is 3.00 bits per heavy atom. The number of anilines is 1. The zero-order valence-electron chi connectivity index (χ0n) is 11.5. The van der Waals surface area contributed by atoms with Crippen molar-refractivity contribution in [2.24, 2.45) is 5.73 Å². The molecule has 0 saturated heterocycles. The molecule has 2 atom stereocenters. The molecule has 0 aromatic heterocycles. The molecule has 4 heteroatoms. The fraction of sp³-hybridized carbons (Fsp3) is 0.235. The molecule has 0 aliphatic carbocycles. The molecule has 0 radical (unpaired) electrons. The second-order valence-corrected chi connectivity index (χ2v) is 5.62. The van der Waals surface area contributed by atoms with Crippen LogP contribution in [0.2, 0.25) is 0 Å². The highest BCUT2D eigenvalue weighted by Crippen LogP contribution is 2.40. The van der Waals surface area contributed by atoms with Crippen molar-refractivity contribution in [3.05, 3.63) is 59.2 Å². The van der Waals surface area contributed by atoms with E-state index in [-0.39, 0.29) is 17.9 Å². The van der Waals surface area contributed by atoms with E-state index in [0.29, 0.717) is 13.0 Å². The van der Waals surface area contributed by atoms with Crippen LogP contribution >= 0.6 is 0 Å². The lowest BCUT2D eigenvalue weighted by Crippen LogP contribution is -2.21. The van der Waals surface area contributed by atoms with Crippen molar-refractivity contribution in [3.8, 4) is 5.75 Å². The Morgan fingerprint density at radius 2 is 2.10 bits per heavy atom. The molecule has 0 spiro atoms. The number of carbonyl (C=O) groups is 1. The summed E-state index contributed by atoms with van der Waals surface area (Å²) in [6.45, 7) is 0.606. The molecule has 2 heterocycles. The first-order valence-corrected chi connectivity index (χ1v) is 7.12. The maximum absolute atomic E-state index is 11.4. The Hall–Kier alpha value is -2.33. The van der Waals surface area contributed by atoms with Gasteiger partial charge in [0.1, 0.15) is 5.75 Å². The van der Waals surface area contributed by atoms with Gasteiger partial charge in [-0.1, -0.05) is 30.3 Å². The van der Waals surface area contributed by atoms with E-state index >= 15 is 0 Å². The summed E-state index contributed by atoms with van der Waals surface area (Å²) in [5.74, 6) is 1.13. The van der Waals surface area contributed by atoms with Crippen LogP contribution in [-0.4, -0.2) is 12.5 Å². The third-order valence-corrected chi connectivity index (χ3v) is 4.31. The van der Waals surface area contributed by atoms with Gasteiger partial charge in [-0.2, -0.15) is 0 Å². The van der Waals surface area contributed by atoms with E-state index in [1.54, 1.807) is 0 Å². The van der Waals surface area contributed by atoms with Gasteiger partial charge in [0, 0.05) is 23.2 Å². The van der Waals surface area contributed by atoms with Crippen LogP contribution in [0.5, 0.6) is 5.75 Å². The van der Waals surface area contributed by atoms with E-state index in [9.17, 15) is 4.79 Å². The zero-order valence-corrected chi connectivity index (χ0v) is 11.5. The van der Waals surface area contributed by atoms with Crippen molar-refractivity contribution in [1.29, 1.82) is 0 Å². The van der Waals surface area contributed by atoms with Crippen LogP contribution in [-0.2, 0) is 11.2 Å². The molecule has 4 rings (SSSR count). The molecule has 21 heavy (non-hydrogen) atoms. The van der Waals surface area contributed by atoms with Gasteiger partial charge in [0.05, 0.1) is 13.0 Å². The largest absolute Gasteiger partial charge is 0.493 e. The van der Waals surface area contributed by atoms with Crippen LogP contribution in [0.1, 0.15) is 28.7 Å². The van der Waals surface area contributed by atoms with Gasteiger partial charge in [-0.15, -0.1) is 0 Å². The Kier molecular flexibility index (Phi) is 2.72. The molecule has 2 aliphatic rings. The first kappa shape index (κ1) is 12.4. The number of hydrogen-bond acceptors (Lipinski definition) is 3. The third kappa shape index (κ3) is 1.99. The molecule has 2 aliphatic heterocycles. The maximum Gasteiger partial charge on any atom is 0.228 e. The third-order valence-electron chi connectivity index (χ3n) is 4.31. The molecule has 0 fully saturated rings. The quantitative estimate of drug-likeness (QED) is 0.887. The number of nitrogens with two attached hydrogens (primary N) is 1. The minimum Gasteiger partial charge on any atom is -0.493 e. The number of amides is 1. The standard InChI is InChI=1S/C17H16N2O2/c18-17(13-9-21-15-4-2-1-3-12(13)15)10-5-6-14-11(7-10)8-16(20)19-14/h1-7,13,17H,8-9,18H2,(H,19,20). The van der Waals surface area contributed by atoms with Gasteiger partial charge in [0.25, 0.3) is 0 Å². The van der Waals surface area contributed by atoms with Gasteiger partial charge < -0.3 is 15.8 Å². The van der Waals surface area contributed by atoms with Crippen LogP contribution in [0.15, 0.2) is 42.5 Å². The Labute approximate surface area is 122 Å². The molecule has 0 bridgehead atoms. The van der Waals surface area contributed by atoms with Crippen LogP contribution in [0.3, 0.4) is 0 Å². The van der Waals surface area contributed by atoms with Gasteiger partial charge in [-0.25, -0.2) is 0 Å². The molecule has 2 unspecified atom stereocenters. The zero-order chi connectivity index (χ0) is 14.4. The predicted octanol–water partition coefficient (Wildman–Crippen LogP) is 2.36. The highest BCUT2D eigenvalue weighted by Gasteiger charge is 2.30. The summed E-state index contributed by atoms with van der Waals surface area (Å²) in [7, 11) is 0. The topological polar surface area (TPSA) is 64.4 Å². The van der Waals surface area contributed by atoms with Crippen molar-refractivity contribution in [1.82, 2.24) is 0 Å². The van der Waals surface area contributed by atoms with Gasteiger partial charge in [0.2, 0.25) is 5.91 Å². The molecule has 4 nitrogen and oxygen atoms in total. The first-order chi connectivity index (χ1) is 10.2. The SMILES string of the molecule is NC(c1ccc2c(c1)CC(=O)N2)C1COc2ccccc21. The number of benzene rings is 2. The average molecular weight is 280 g/mol. The second kappa shape index (κ2) is 4.60. The predicted molar refractivity (Wildman–Crippen MR) is 80.4 cm³/mol. The molecule has 2 aromatic carbocycles. The summed E-state index contributed by atoms with van der Waals surface area (Å²) in [6.07, 6.45) is 0.438. The highest BCUT2D eigenvalue weighted by atomic mass is 16.5. The summed E-state index contributed by atoms with van der Waals surface area (Å²) in [5, 5.41) is 2.84. The van der Waals surface area contributed by atoms with Crippen molar-refractivity contribution in [3.63, 3.8) is 0 Å². The Balaban J connectivity index is 1.66. The molecule has 0 saturated carbocycles. The number of rotatable bonds is 2. The van der Waals surface area contributed by atoms with Gasteiger partial charge >= 0.3 is 0 Å². The summed E-state index contributed by atoms with van der Waals surface area (Å²) in [5.41, 5.74) is 10.6. The highest BCUT2D eigenvalue weighted by molar-refractivity contribution is 5.99. The number of para-hydroxylation sites is 1. The second-order valence-electron chi connectivity index (χ2n) is 5.62. The van der Waals surface area contributed by atoms with E-state index in [1.165, 1.54) is 5.56 Å². The van der Waals surface area contributed by atoms with E-state index < -0.39 is 0 Å². The summed E-state index contributed by atoms with van der Waals surface area (Å²) in [4.78, 5) is 11.4. The summed E-state index contributed by atoms with van der Waals surface area (Å²) < 4.78 is 5.72. The number of nitrogens with one attached hydrogen (secondary N) is 1. The van der Waals surface area contributed by atoms with Crippen molar-refractivity contribution >= 4 is 11.6 Å². The molecule has 3 N–H and O–H groups in total. The number of ether oxygens (including phenoxy) is 1. The van der Waals surface area contributed by atoms with E-state index in [4.69, 9.17) is 10.5 Å². The maximum atomic E-state index is 11.4.